The molecule has 166 valence electrons. The Labute approximate surface area is 192 Å². The molecule has 2 heteroatoms. The highest BCUT2D eigenvalue weighted by Gasteiger charge is 2.25. The Morgan fingerprint density at radius 1 is 0.875 bits per heavy atom. The smallest absolute Gasteiger partial charge is 0.130 e. The molecule has 0 heterocycles. The lowest BCUT2D eigenvalue weighted by atomic mass is 9.77. The number of halogens is 1. The first-order valence-electron chi connectivity index (χ1n) is 11.8. The minimum absolute atomic E-state index is 0.0191. The van der Waals surface area contributed by atoms with E-state index in [1.807, 2.05) is 18.2 Å². The molecule has 0 aliphatic heterocycles. The molecule has 0 N–H and O–H groups in total. The highest BCUT2D eigenvalue weighted by molar-refractivity contribution is 5.73. The minimum Gasteiger partial charge on any atom is -0.497 e. The Bertz CT molecular complexity index is 1040. The van der Waals surface area contributed by atoms with Gasteiger partial charge in [0, 0.05) is 0 Å². The Kier molecular flexibility index (Phi) is 7.09. The van der Waals surface area contributed by atoms with Gasteiger partial charge in [-0.05, 0) is 89.5 Å². The maximum atomic E-state index is 15.8. The molecule has 4 rings (SSSR count). The van der Waals surface area contributed by atoms with Gasteiger partial charge in [0.1, 0.15) is 11.6 Å². The Morgan fingerprint density at radius 2 is 1.47 bits per heavy atom. The maximum absolute atomic E-state index is 15.8. The van der Waals surface area contributed by atoms with Crippen LogP contribution >= 0.6 is 0 Å². The third-order valence-corrected chi connectivity index (χ3v) is 6.94. The molecule has 0 bridgehead atoms. The van der Waals surface area contributed by atoms with Crippen LogP contribution in [0, 0.1) is 11.7 Å². The largest absolute Gasteiger partial charge is 0.497 e. The number of hydrogen-bond donors (Lipinski definition) is 0. The lowest BCUT2D eigenvalue weighted by molar-refractivity contribution is 0.368. The van der Waals surface area contributed by atoms with E-state index in [4.69, 9.17) is 4.74 Å². The summed E-state index contributed by atoms with van der Waals surface area (Å²) in [6.45, 7) is 6.06. The molecule has 0 saturated heterocycles. The number of hydrogen-bond acceptors (Lipinski definition) is 1. The van der Waals surface area contributed by atoms with Gasteiger partial charge >= 0.3 is 0 Å². The van der Waals surface area contributed by atoms with Crippen molar-refractivity contribution in [3.05, 3.63) is 90.3 Å². The van der Waals surface area contributed by atoms with Gasteiger partial charge in [-0.2, -0.15) is 0 Å². The van der Waals surface area contributed by atoms with Gasteiger partial charge in [-0.15, -0.1) is 6.58 Å². The summed E-state index contributed by atoms with van der Waals surface area (Å²) in [6.07, 6.45) is 8.09. The zero-order valence-electron chi connectivity index (χ0n) is 19.2. The van der Waals surface area contributed by atoms with Gasteiger partial charge in [0.15, 0.2) is 0 Å². The van der Waals surface area contributed by atoms with Gasteiger partial charge < -0.3 is 4.74 Å². The molecule has 1 fully saturated rings. The van der Waals surface area contributed by atoms with Crippen molar-refractivity contribution in [3.63, 3.8) is 0 Å². The zero-order valence-corrected chi connectivity index (χ0v) is 19.2. The summed E-state index contributed by atoms with van der Waals surface area (Å²) in [4.78, 5) is 0. The van der Waals surface area contributed by atoms with Gasteiger partial charge in [-0.3, -0.25) is 0 Å². The highest BCUT2D eigenvalue weighted by Crippen LogP contribution is 2.40. The second-order valence-electron chi connectivity index (χ2n) is 8.90. The van der Waals surface area contributed by atoms with Gasteiger partial charge in [-0.1, -0.05) is 68.0 Å². The monoisotopic (exact) mass is 428 g/mol. The van der Waals surface area contributed by atoms with Crippen LogP contribution in [0.25, 0.3) is 22.3 Å². The molecule has 0 amide bonds. The number of allylic oxidation sites excluding steroid dienone is 1. The molecule has 0 aromatic heterocycles. The van der Waals surface area contributed by atoms with Crippen LogP contribution in [0.1, 0.15) is 56.1 Å². The van der Waals surface area contributed by atoms with Crippen LogP contribution in [0.15, 0.2) is 73.3 Å². The SMILES string of the molecule is C=C[C@H]1CC[C@H](c2ccc(-c3ccc(-c4ccc(OC)cc4)cc3)c(CCC)c2F)CC1. The summed E-state index contributed by atoms with van der Waals surface area (Å²) >= 11 is 0. The van der Waals surface area contributed by atoms with E-state index in [1.165, 1.54) is 0 Å². The lowest BCUT2D eigenvalue weighted by Crippen LogP contribution is -2.14. The van der Waals surface area contributed by atoms with Crippen molar-refractivity contribution in [2.75, 3.05) is 7.11 Å². The summed E-state index contributed by atoms with van der Waals surface area (Å²) in [5.74, 6) is 1.79. The fourth-order valence-corrected chi connectivity index (χ4v) is 5.01. The molecular weight excluding hydrogens is 395 g/mol. The molecule has 0 atom stereocenters. The predicted molar refractivity (Wildman–Crippen MR) is 133 cm³/mol. The molecule has 1 saturated carbocycles. The fourth-order valence-electron chi connectivity index (χ4n) is 5.01. The second kappa shape index (κ2) is 10.2. The first-order valence-corrected chi connectivity index (χ1v) is 11.8. The van der Waals surface area contributed by atoms with E-state index in [2.05, 4.69) is 62.0 Å². The Balaban J connectivity index is 1.62. The third kappa shape index (κ3) is 4.65. The van der Waals surface area contributed by atoms with E-state index in [9.17, 15) is 0 Å². The van der Waals surface area contributed by atoms with Gasteiger partial charge in [0.2, 0.25) is 0 Å². The molecule has 3 aromatic carbocycles. The summed E-state index contributed by atoms with van der Waals surface area (Å²) in [5.41, 5.74) is 6.16. The van der Waals surface area contributed by atoms with Gasteiger partial charge in [-0.25, -0.2) is 4.39 Å². The lowest BCUT2D eigenvalue weighted by Gasteiger charge is -2.28. The van der Waals surface area contributed by atoms with Crippen molar-refractivity contribution < 1.29 is 9.13 Å². The quantitative estimate of drug-likeness (QED) is 0.342. The summed E-state index contributed by atoms with van der Waals surface area (Å²) in [6, 6.07) is 20.7. The Hall–Kier alpha value is -2.87. The average molecular weight is 429 g/mol. The summed E-state index contributed by atoms with van der Waals surface area (Å²) in [7, 11) is 1.67. The van der Waals surface area contributed by atoms with E-state index in [-0.39, 0.29) is 5.82 Å². The minimum atomic E-state index is 0.0191. The molecule has 1 nitrogen and oxygen atoms in total. The molecule has 0 unspecified atom stereocenters. The molecule has 1 aliphatic carbocycles. The molecule has 0 radical (unpaired) electrons. The summed E-state index contributed by atoms with van der Waals surface area (Å²) in [5, 5.41) is 0. The third-order valence-electron chi connectivity index (χ3n) is 6.94. The molecule has 3 aromatic rings. The molecule has 1 aliphatic rings. The number of rotatable bonds is 7. The van der Waals surface area contributed by atoms with Gasteiger partial charge in [0.05, 0.1) is 7.11 Å². The topological polar surface area (TPSA) is 9.23 Å². The normalized spacial score (nSPS) is 18.3. The van der Waals surface area contributed by atoms with E-state index in [0.717, 1.165) is 77.7 Å². The van der Waals surface area contributed by atoms with E-state index in [1.54, 1.807) is 7.11 Å². The average Bonchev–Trinajstić information content (AvgIpc) is 2.86. The molecule has 32 heavy (non-hydrogen) atoms. The van der Waals surface area contributed by atoms with Crippen molar-refractivity contribution in [1.82, 2.24) is 0 Å². The number of benzene rings is 3. The Morgan fingerprint density at radius 3 is 2.03 bits per heavy atom. The zero-order chi connectivity index (χ0) is 22.5. The van der Waals surface area contributed by atoms with Crippen LogP contribution < -0.4 is 4.74 Å². The maximum Gasteiger partial charge on any atom is 0.130 e. The van der Waals surface area contributed by atoms with Crippen LogP contribution in [0.5, 0.6) is 5.75 Å². The predicted octanol–water partition coefficient (Wildman–Crippen LogP) is 8.58. The standard InChI is InChI=1S/C30H33FO/c1-4-6-29-27(19-20-28(30(29)31)25-9-7-21(5-2)8-10-25)24-13-11-22(12-14-24)23-15-17-26(32-3)18-16-23/h5,11-21,25H,2,4,6-10H2,1,3H3/t21-,25-. The fraction of sp³-hybridized carbons (Fsp3) is 0.333. The van der Waals surface area contributed by atoms with Crippen LogP contribution in [0.4, 0.5) is 4.39 Å². The van der Waals surface area contributed by atoms with Crippen molar-refractivity contribution in [2.24, 2.45) is 5.92 Å². The first-order chi connectivity index (χ1) is 15.6. The van der Waals surface area contributed by atoms with Crippen LogP contribution in [0.3, 0.4) is 0 Å². The van der Waals surface area contributed by atoms with E-state index < -0.39 is 0 Å². The van der Waals surface area contributed by atoms with Gasteiger partial charge in [0.25, 0.3) is 0 Å². The van der Waals surface area contributed by atoms with Crippen molar-refractivity contribution in [1.29, 1.82) is 0 Å². The second-order valence-corrected chi connectivity index (χ2v) is 8.90. The molecule has 0 spiro atoms. The van der Waals surface area contributed by atoms with Crippen LogP contribution in [0.2, 0.25) is 0 Å². The van der Waals surface area contributed by atoms with Crippen LogP contribution in [-0.4, -0.2) is 7.11 Å². The summed E-state index contributed by atoms with van der Waals surface area (Å²) < 4.78 is 21.0. The molecular formula is C30H33FO. The van der Waals surface area contributed by atoms with Crippen LogP contribution in [-0.2, 0) is 6.42 Å². The first kappa shape index (κ1) is 22.3. The van der Waals surface area contributed by atoms with Crippen molar-refractivity contribution in [2.45, 2.75) is 51.4 Å². The van der Waals surface area contributed by atoms with E-state index in [0.29, 0.717) is 11.8 Å². The highest BCUT2D eigenvalue weighted by atomic mass is 19.1. The van der Waals surface area contributed by atoms with Crippen molar-refractivity contribution >= 4 is 0 Å². The van der Waals surface area contributed by atoms with E-state index >= 15 is 4.39 Å². The number of ether oxygens (including phenoxy) is 1. The number of methoxy groups -OCH3 is 1. The van der Waals surface area contributed by atoms with Crippen molar-refractivity contribution in [3.8, 4) is 28.0 Å².